The van der Waals surface area contributed by atoms with Gasteiger partial charge in [0.05, 0.1) is 0 Å². The Morgan fingerprint density at radius 2 is 0.764 bits per heavy atom. The standard InChI is InChI=1S/C35H86O8Si12/c1-23-34-24-26-35(27-25-34)55(41-51(17,18)30-28-44-36-46(2,3)4,42-52(19,20)31-29-45-37-47(5,6)7)43-53(21,22)32-33-54(38-48(8,9)10,39-49(11,12)13)40-50(14,15)16/h23-27H,1,28-33,44-45H2,2-22H3. The van der Waals surface area contributed by atoms with E-state index >= 15 is 0 Å². The van der Waals surface area contributed by atoms with Gasteiger partial charge in [0.15, 0.2) is 66.5 Å². The summed E-state index contributed by atoms with van der Waals surface area (Å²) in [6, 6.07) is 14.5. The summed E-state index contributed by atoms with van der Waals surface area (Å²) in [7, 11) is -24.2. The maximum atomic E-state index is 7.80. The molecule has 55 heavy (non-hydrogen) atoms. The van der Waals surface area contributed by atoms with E-state index in [2.05, 4.69) is 168 Å². The molecule has 0 unspecified atom stereocenters. The molecule has 0 N–H and O–H groups in total. The predicted octanol–water partition coefficient (Wildman–Crippen LogP) is 10.3. The van der Waals surface area contributed by atoms with Crippen molar-refractivity contribution in [2.24, 2.45) is 0 Å². The zero-order valence-electron chi connectivity index (χ0n) is 39.5. The Morgan fingerprint density at radius 1 is 0.436 bits per heavy atom. The average Bonchev–Trinajstić information content (AvgIpc) is 2.92. The van der Waals surface area contributed by atoms with Crippen LogP contribution >= 0.6 is 0 Å². The van der Waals surface area contributed by atoms with Crippen molar-refractivity contribution in [3.05, 3.63) is 36.4 Å². The molecule has 0 spiro atoms. The summed E-state index contributed by atoms with van der Waals surface area (Å²) in [5, 5.41) is 1.06. The average molecular weight is 972 g/mol. The third-order valence-electron chi connectivity index (χ3n) is 8.07. The first kappa shape index (κ1) is 54.3. The lowest BCUT2D eigenvalue weighted by Gasteiger charge is -2.46. The van der Waals surface area contributed by atoms with E-state index in [4.69, 9.17) is 32.9 Å². The van der Waals surface area contributed by atoms with Gasteiger partial charge in [-0.2, -0.15) is 0 Å². The van der Waals surface area contributed by atoms with Crippen molar-refractivity contribution >= 4 is 115 Å². The zero-order valence-corrected chi connectivity index (χ0v) is 52.3. The smallest absolute Gasteiger partial charge is 0.461 e. The van der Waals surface area contributed by atoms with Crippen LogP contribution < -0.4 is 5.19 Å². The third kappa shape index (κ3) is 24.3. The molecule has 1 rings (SSSR count). The van der Waals surface area contributed by atoms with Crippen molar-refractivity contribution in [3.8, 4) is 0 Å². The maximum Gasteiger partial charge on any atom is 0.505 e. The van der Waals surface area contributed by atoms with Gasteiger partial charge in [-0.25, -0.2) is 0 Å². The predicted molar refractivity (Wildman–Crippen MR) is 271 cm³/mol. The quantitative estimate of drug-likeness (QED) is 0.0638. The second-order valence-corrected chi connectivity index (χ2v) is 68.1. The minimum atomic E-state index is -3.51. The Balaban J connectivity index is 3.86. The van der Waals surface area contributed by atoms with Gasteiger partial charge < -0.3 is 32.9 Å². The molecule has 0 aliphatic carbocycles. The minimum Gasteiger partial charge on any atom is -0.461 e. The van der Waals surface area contributed by atoms with Crippen molar-refractivity contribution in [2.45, 2.75) is 174 Å². The first-order valence-electron chi connectivity index (χ1n) is 20.6. The van der Waals surface area contributed by atoms with E-state index < -0.39 is 104 Å². The fraction of sp³-hybridized carbons (Fsp3) is 0.771. The van der Waals surface area contributed by atoms with Gasteiger partial charge in [-0.3, -0.25) is 0 Å². The molecule has 0 aliphatic heterocycles. The molecule has 0 atom stereocenters. The highest BCUT2D eigenvalue weighted by Gasteiger charge is 2.56. The molecule has 0 aliphatic rings. The van der Waals surface area contributed by atoms with E-state index in [0.717, 1.165) is 47.0 Å². The van der Waals surface area contributed by atoms with Crippen molar-refractivity contribution in [2.75, 3.05) is 0 Å². The number of rotatable bonds is 27. The molecule has 0 radical (unpaired) electrons. The normalized spacial score (nSPS) is 16.1. The summed E-state index contributed by atoms with van der Waals surface area (Å²) in [6.07, 6.45) is 1.90. The Kier molecular flexibility index (Phi) is 20.6. The number of hydrogen-bond donors (Lipinski definition) is 0. The Hall–Kier alpha value is 1.24. The second-order valence-electron chi connectivity index (χ2n) is 21.9. The maximum absolute atomic E-state index is 7.80. The molecule has 0 amide bonds. The molecular weight excluding hydrogens is 885 g/mol. The van der Waals surface area contributed by atoms with E-state index in [1.807, 2.05) is 6.08 Å². The Morgan fingerprint density at radius 3 is 1.05 bits per heavy atom. The summed E-state index contributed by atoms with van der Waals surface area (Å²) in [6.45, 7) is 52.3. The molecule has 0 bridgehead atoms. The van der Waals surface area contributed by atoms with E-state index in [0.29, 0.717) is 0 Å². The van der Waals surface area contributed by atoms with E-state index in [9.17, 15) is 0 Å². The van der Waals surface area contributed by atoms with E-state index in [1.54, 1.807) is 0 Å². The van der Waals surface area contributed by atoms with Crippen molar-refractivity contribution in [1.29, 1.82) is 0 Å². The molecule has 0 heterocycles. The van der Waals surface area contributed by atoms with Crippen molar-refractivity contribution in [1.82, 2.24) is 0 Å². The SMILES string of the molecule is C=Cc1ccc([Si](O[Si](C)(C)CC[SiH2]O[Si](C)(C)C)(O[Si](C)(C)CC[SiH2]O[Si](C)(C)C)O[Si](C)(C)CC[Si](O[Si](C)(C)C)(O[Si](C)(C)C)O[Si](C)(C)C)cc1. The van der Waals surface area contributed by atoms with Gasteiger partial charge in [0.25, 0.3) is 0 Å². The van der Waals surface area contributed by atoms with Crippen LogP contribution in [0.1, 0.15) is 5.56 Å². The number of hydrogen-bond acceptors (Lipinski definition) is 8. The lowest BCUT2D eigenvalue weighted by molar-refractivity contribution is 0.249. The summed E-state index contributed by atoms with van der Waals surface area (Å²) in [4.78, 5) is 0. The molecule has 0 fully saturated rings. The highest BCUT2D eigenvalue weighted by Crippen LogP contribution is 2.36. The highest BCUT2D eigenvalue weighted by atomic mass is 28.5. The second kappa shape index (κ2) is 20.9. The summed E-state index contributed by atoms with van der Waals surface area (Å²) in [5.41, 5.74) is 1.08. The number of benzene rings is 1. The summed E-state index contributed by atoms with van der Waals surface area (Å²) < 4.78 is 57.5. The molecule has 322 valence electrons. The van der Waals surface area contributed by atoms with Crippen LogP contribution in [0.5, 0.6) is 0 Å². The molecule has 0 saturated carbocycles. The first-order valence-corrected chi connectivity index (χ1v) is 53.8. The molecular formula is C35H86O8Si12. The largest absolute Gasteiger partial charge is 0.505 e. The van der Waals surface area contributed by atoms with Gasteiger partial charge in [0, 0.05) is 11.2 Å². The van der Waals surface area contributed by atoms with Crippen LogP contribution in [-0.4, -0.2) is 104 Å². The summed E-state index contributed by atoms with van der Waals surface area (Å²) >= 11 is 0. The first-order chi connectivity index (χ1) is 24.4. The molecule has 0 saturated heterocycles. The van der Waals surface area contributed by atoms with Crippen molar-refractivity contribution in [3.63, 3.8) is 0 Å². The van der Waals surface area contributed by atoms with Gasteiger partial charge in [0.2, 0.25) is 0 Å². The van der Waals surface area contributed by atoms with Gasteiger partial charge in [-0.15, -0.1) is 0 Å². The van der Waals surface area contributed by atoms with E-state index in [1.165, 1.54) is 0 Å². The van der Waals surface area contributed by atoms with Crippen LogP contribution in [0.15, 0.2) is 30.8 Å². The monoisotopic (exact) mass is 970 g/mol. The van der Waals surface area contributed by atoms with Crippen LogP contribution in [0.4, 0.5) is 0 Å². The van der Waals surface area contributed by atoms with Gasteiger partial charge in [-0.1, -0.05) is 36.9 Å². The van der Waals surface area contributed by atoms with Crippen molar-refractivity contribution < 1.29 is 32.9 Å². The lowest BCUT2D eigenvalue weighted by atomic mass is 10.2. The zero-order chi connectivity index (χ0) is 43.0. The van der Waals surface area contributed by atoms with Gasteiger partial charge in [-0.05, 0) is 173 Å². The van der Waals surface area contributed by atoms with Crippen LogP contribution in [0, 0.1) is 0 Å². The summed E-state index contributed by atoms with van der Waals surface area (Å²) in [5.74, 6) is 0. The van der Waals surface area contributed by atoms with Gasteiger partial charge >= 0.3 is 17.6 Å². The van der Waals surface area contributed by atoms with Gasteiger partial charge in [0.1, 0.15) is 19.5 Å². The molecule has 0 aromatic heterocycles. The molecule has 20 heteroatoms. The van der Waals surface area contributed by atoms with E-state index in [-0.39, 0.29) is 0 Å². The fourth-order valence-electron chi connectivity index (χ4n) is 6.13. The molecule has 1 aromatic rings. The lowest BCUT2D eigenvalue weighted by Crippen LogP contribution is -2.68. The van der Waals surface area contributed by atoms with Crippen LogP contribution in [0.3, 0.4) is 0 Å². The molecule has 8 nitrogen and oxygen atoms in total. The third-order valence-corrected chi connectivity index (χ3v) is 47.2. The highest BCUT2D eigenvalue weighted by molar-refractivity contribution is 6.97. The van der Waals surface area contributed by atoms with Crippen LogP contribution in [0.2, 0.25) is 174 Å². The minimum absolute atomic E-state index is 0.634. The van der Waals surface area contributed by atoms with Crippen LogP contribution in [0.25, 0.3) is 6.08 Å². The fourth-order valence-corrected chi connectivity index (χ4v) is 51.4. The van der Waals surface area contributed by atoms with Crippen LogP contribution in [-0.2, 0) is 32.9 Å². The topological polar surface area (TPSA) is 73.8 Å². The molecule has 1 aromatic carbocycles. The Bertz CT molecular complexity index is 1240. The Labute approximate surface area is 355 Å².